The maximum absolute atomic E-state index is 13.0. The van der Waals surface area contributed by atoms with Crippen LogP contribution >= 0.6 is 35.7 Å². The molecule has 1 fully saturated rings. The number of hydrogen-bond donors (Lipinski definition) is 0. The Morgan fingerprint density at radius 3 is 2.66 bits per heavy atom. The molecule has 1 amide bonds. The van der Waals surface area contributed by atoms with Crippen LogP contribution in [0.5, 0.6) is 0 Å². The number of rotatable bonds is 5. The normalized spacial score (nSPS) is 15.5. The van der Waals surface area contributed by atoms with Crippen molar-refractivity contribution in [2.75, 3.05) is 4.90 Å². The molecular weight excluding hydrogens is 418 g/mol. The molecule has 1 aromatic heterocycles. The summed E-state index contributed by atoms with van der Waals surface area (Å²) < 4.78 is 6.43. The van der Waals surface area contributed by atoms with Gasteiger partial charge in [-0.1, -0.05) is 83.8 Å². The molecule has 1 aliphatic heterocycles. The molecule has 0 saturated carbocycles. The van der Waals surface area contributed by atoms with E-state index in [1.807, 2.05) is 56.3 Å². The number of aryl methyl sites for hydroxylation is 2. The maximum Gasteiger partial charge on any atom is 0.270 e. The standard InChI is InChI=1S/C23H19NO2S3/c1-15-8-10-19(16(2)12-15)24-22(25)20(29-23(24)27)13-18-9-11-21(26-18)28-14-17-6-4-3-5-7-17/h3-13H,14H2,1-2H3/b20-13-. The number of amides is 1. The highest BCUT2D eigenvalue weighted by Crippen LogP contribution is 2.38. The van der Waals surface area contributed by atoms with Crippen LogP contribution in [0.3, 0.4) is 0 Å². The molecule has 0 atom stereocenters. The van der Waals surface area contributed by atoms with Crippen LogP contribution in [0, 0.1) is 13.8 Å². The Hall–Kier alpha value is -2.28. The number of nitrogens with zero attached hydrogens (tertiary/aromatic N) is 1. The van der Waals surface area contributed by atoms with Gasteiger partial charge in [-0.15, -0.1) is 0 Å². The summed E-state index contributed by atoms with van der Waals surface area (Å²) in [5.74, 6) is 1.38. The summed E-state index contributed by atoms with van der Waals surface area (Å²) in [6.07, 6.45) is 1.77. The lowest BCUT2D eigenvalue weighted by atomic mass is 10.1. The van der Waals surface area contributed by atoms with E-state index in [1.165, 1.54) is 17.3 Å². The van der Waals surface area contributed by atoms with Crippen LogP contribution in [-0.4, -0.2) is 10.2 Å². The zero-order chi connectivity index (χ0) is 20.4. The number of furan rings is 1. The first-order chi connectivity index (χ1) is 14.0. The third-order valence-electron chi connectivity index (χ3n) is 4.49. The van der Waals surface area contributed by atoms with Crippen molar-refractivity contribution in [3.8, 4) is 0 Å². The van der Waals surface area contributed by atoms with E-state index in [4.69, 9.17) is 16.6 Å². The van der Waals surface area contributed by atoms with Gasteiger partial charge < -0.3 is 4.42 Å². The molecule has 0 spiro atoms. The van der Waals surface area contributed by atoms with Crippen molar-refractivity contribution in [1.29, 1.82) is 0 Å². The predicted molar refractivity (Wildman–Crippen MR) is 126 cm³/mol. The van der Waals surface area contributed by atoms with Gasteiger partial charge in [0.15, 0.2) is 9.41 Å². The Balaban J connectivity index is 1.49. The van der Waals surface area contributed by atoms with Gasteiger partial charge in [0.2, 0.25) is 0 Å². The van der Waals surface area contributed by atoms with E-state index in [0.717, 1.165) is 27.7 Å². The minimum atomic E-state index is -0.109. The van der Waals surface area contributed by atoms with Gasteiger partial charge in [-0.05, 0) is 43.2 Å². The van der Waals surface area contributed by atoms with Gasteiger partial charge in [-0.3, -0.25) is 9.69 Å². The van der Waals surface area contributed by atoms with E-state index in [-0.39, 0.29) is 5.91 Å². The van der Waals surface area contributed by atoms with Crippen LogP contribution < -0.4 is 4.90 Å². The van der Waals surface area contributed by atoms with Gasteiger partial charge in [0.1, 0.15) is 5.76 Å². The molecule has 3 aromatic rings. The summed E-state index contributed by atoms with van der Waals surface area (Å²) in [6, 6.07) is 20.1. The van der Waals surface area contributed by atoms with Gasteiger partial charge in [0, 0.05) is 11.8 Å². The second-order valence-corrected chi connectivity index (χ2v) is 9.39. The molecule has 0 N–H and O–H groups in total. The van der Waals surface area contributed by atoms with Crippen molar-refractivity contribution in [3.05, 3.63) is 88.0 Å². The molecule has 4 rings (SSSR count). The fourth-order valence-electron chi connectivity index (χ4n) is 3.08. The lowest BCUT2D eigenvalue weighted by molar-refractivity contribution is -0.113. The number of benzene rings is 2. The molecule has 0 unspecified atom stereocenters. The fraction of sp³-hybridized carbons (Fsp3) is 0.130. The van der Waals surface area contributed by atoms with Crippen LogP contribution in [0.15, 0.2) is 75.1 Å². The SMILES string of the molecule is Cc1ccc(N2C(=O)/C(=C/c3ccc(SCc4ccccc4)o3)SC2=S)c(C)c1. The molecule has 1 saturated heterocycles. The number of carbonyl (C=O) groups excluding carboxylic acids is 1. The highest BCUT2D eigenvalue weighted by atomic mass is 32.2. The van der Waals surface area contributed by atoms with E-state index in [1.54, 1.807) is 22.7 Å². The fourth-order valence-corrected chi connectivity index (χ4v) is 5.16. The van der Waals surface area contributed by atoms with Gasteiger partial charge >= 0.3 is 0 Å². The van der Waals surface area contributed by atoms with Crippen molar-refractivity contribution in [3.63, 3.8) is 0 Å². The van der Waals surface area contributed by atoms with Crippen molar-refractivity contribution >= 4 is 57.7 Å². The van der Waals surface area contributed by atoms with E-state index < -0.39 is 0 Å². The Bertz CT molecular complexity index is 1100. The molecular formula is C23H19NO2S3. The van der Waals surface area contributed by atoms with Crippen LogP contribution in [0.1, 0.15) is 22.5 Å². The summed E-state index contributed by atoms with van der Waals surface area (Å²) in [5, 5.41) is 0.824. The van der Waals surface area contributed by atoms with Crippen molar-refractivity contribution in [1.82, 2.24) is 0 Å². The van der Waals surface area contributed by atoms with Gasteiger partial charge in [0.05, 0.1) is 10.6 Å². The number of thiocarbonyl (C=S) groups is 1. The largest absolute Gasteiger partial charge is 0.450 e. The van der Waals surface area contributed by atoms with Crippen LogP contribution in [0.4, 0.5) is 5.69 Å². The summed E-state index contributed by atoms with van der Waals surface area (Å²) in [6.45, 7) is 4.03. The topological polar surface area (TPSA) is 33.5 Å². The summed E-state index contributed by atoms with van der Waals surface area (Å²) >= 11 is 8.42. The molecule has 6 heteroatoms. The molecule has 146 valence electrons. The van der Waals surface area contributed by atoms with Gasteiger partial charge in [-0.2, -0.15) is 0 Å². The first-order valence-electron chi connectivity index (χ1n) is 9.13. The van der Waals surface area contributed by atoms with Gasteiger partial charge in [-0.25, -0.2) is 0 Å². The Labute approximate surface area is 184 Å². The molecule has 0 aliphatic carbocycles. The van der Waals surface area contributed by atoms with E-state index in [2.05, 4.69) is 18.2 Å². The Morgan fingerprint density at radius 2 is 1.90 bits per heavy atom. The lowest BCUT2D eigenvalue weighted by Crippen LogP contribution is -2.28. The second kappa shape index (κ2) is 8.61. The maximum atomic E-state index is 13.0. The average molecular weight is 438 g/mol. The number of thioether (sulfide) groups is 2. The Morgan fingerprint density at radius 1 is 1.10 bits per heavy atom. The number of anilines is 1. The summed E-state index contributed by atoms with van der Waals surface area (Å²) in [4.78, 5) is 15.2. The Kier molecular flexibility index (Phi) is 5.94. The molecule has 2 aromatic carbocycles. The smallest absolute Gasteiger partial charge is 0.270 e. The highest BCUT2D eigenvalue weighted by Gasteiger charge is 2.34. The molecule has 3 nitrogen and oxygen atoms in total. The van der Waals surface area contributed by atoms with Crippen molar-refractivity contribution in [2.24, 2.45) is 0 Å². The summed E-state index contributed by atoms with van der Waals surface area (Å²) in [7, 11) is 0. The highest BCUT2D eigenvalue weighted by molar-refractivity contribution is 8.27. The zero-order valence-corrected chi connectivity index (χ0v) is 18.5. The minimum absolute atomic E-state index is 0.109. The first-order valence-corrected chi connectivity index (χ1v) is 11.3. The van der Waals surface area contributed by atoms with Crippen LogP contribution in [-0.2, 0) is 10.5 Å². The molecule has 29 heavy (non-hydrogen) atoms. The minimum Gasteiger partial charge on any atom is -0.450 e. The first kappa shape index (κ1) is 20.0. The molecule has 0 radical (unpaired) electrons. The molecule has 0 bridgehead atoms. The summed E-state index contributed by atoms with van der Waals surface area (Å²) in [5.41, 5.74) is 4.26. The molecule has 2 heterocycles. The zero-order valence-electron chi connectivity index (χ0n) is 16.0. The monoisotopic (exact) mass is 437 g/mol. The third-order valence-corrected chi connectivity index (χ3v) is 6.77. The van der Waals surface area contributed by atoms with E-state index in [9.17, 15) is 4.79 Å². The van der Waals surface area contributed by atoms with Crippen LogP contribution in [0.25, 0.3) is 6.08 Å². The molecule has 1 aliphatic rings. The third kappa shape index (κ3) is 4.50. The van der Waals surface area contributed by atoms with Gasteiger partial charge in [0.25, 0.3) is 5.91 Å². The van der Waals surface area contributed by atoms with Crippen molar-refractivity contribution < 1.29 is 9.21 Å². The van der Waals surface area contributed by atoms with Crippen LogP contribution in [0.2, 0.25) is 0 Å². The predicted octanol–water partition coefficient (Wildman–Crippen LogP) is 6.59. The lowest BCUT2D eigenvalue weighted by Gasteiger charge is -2.17. The van der Waals surface area contributed by atoms with E-state index >= 15 is 0 Å². The second-order valence-electron chi connectivity index (χ2n) is 6.74. The quantitative estimate of drug-likeness (QED) is 0.255. The average Bonchev–Trinajstić information content (AvgIpc) is 3.26. The number of hydrogen-bond acceptors (Lipinski definition) is 5. The van der Waals surface area contributed by atoms with Crippen molar-refractivity contribution in [2.45, 2.75) is 24.7 Å². The number of carbonyl (C=O) groups is 1. The van der Waals surface area contributed by atoms with E-state index in [0.29, 0.717) is 15.0 Å².